The SMILES string of the molecule is CCOc1c(Br)cc(Cl)cc1NCc1ccc(O)cc1. The summed E-state index contributed by atoms with van der Waals surface area (Å²) in [4.78, 5) is 0. The number of hydrogen-bond acceptors (Lipinski definition) is 3. The molecule has 5 heteroatoms. The highest BCUT2D eigenvalue weighted by Gasteiger charge is 2.10. The molecule has 0 aliphatic rings. The molecule has 0 atom stereocenters. The predicted molar refractivity (Wildman–Crippen MR) is 85.8 cm³/mol. The number of phenols is 1. The van der Waals surface area contributed by atoms with Crippen molar-refractivity contribution < 1.29 is 9.84 Å². The summed E-state index contributed by atoms with van der Waals surface area (Å²) in [5, 5.41) is 13.2. The van der Waals surface area contributed by atoms with Gasteiger partial charge in [-0.25, -0.2) is 0 Å². The monoisotopic (exact) mass is 355 g/mol. The molecule has 0 fully saturated rings. The Labute approximate surface area is 131 Å². The van der Waals surface area contributed by atoms with Gasteiger partial charge in [0, 0.05) is 11.6 Å². The Morgan fingerprint density at radius 1 is 1.25 bits per heavy atom. The van der Waals surface area contributed by atoms with E-state index in [0.29, 0.717) is 18.2 Å². The minimum atomic E-state index is 0.259. The lowest BCUT2D eigenvalue weighted by Crippen LogP contribution is -2.03. The zero-order chi connectivity index (χ0) is 14.5. The van der Waals surface area contributed by atoms with E-state index in [1.165, 1.54) is 0 Å². The van der Waals surface area contributed by atoms with Crippen LogP contribution in [0.5, 0.6) is 11.5 Å². The van der Waals surface area contributed by atoms with Crippen molar-refractivity contribution in [3.05, 3.63) is 51.5 Å². The van der Waals surface area contributed by atoms with Crippen LogP contribution < -0.4 is 10.1 Å². The van der Waals surface area contributed by atoms with Crippen LogP contribution in [-0.4, -0.2) is 11.7 Å². The van der Waals surface area contributed by atoms with Crippen LogP contribution in [-0.2, 0) is 6.54 Å². The predicted octanol–water partition coefficient (Wildman–Crippen LogP) is 4.82. The number of hydrogen-bond donors (Lipinski definition) is 2. The molecule has 0 saturated heterocycles. The van der Waals surface area contributed by atoms with E-state index >= 15 is 0 Å². The molecule has 106 valence electrons. The van der Waals surface area contributed by atoms with E-state index < -0.39 is 0 Å². The van der Waals surface area contributed by atoms with Gasteiger partial charge in [-0.2, -0.15) is 0 Å². The zero-order valence-electron chi connectivity index (χ0n) is 11.0. The number of nitrogens with one attached hydrogen (secondary N) is 1. The van der Waals surface area contributed by atoms with E-state index in [2.05, 4.69) is 21.2 Å². The van der Waals surface area contributed by atoms with Gasteiger partial charge < -0.3 is 15.2 Å². The summed E-state index contributed by atoms with van der Waals surface area (Å²) in [6.45, 7) is 3.13. The third kappa shape index (κ3) is 3.81. The molecular weight excluding hydrogens is 342 g/mol. The first-order valence-corrected chi connectivity index (χ1v) is 7.41. The van der Waals surface area contributed by atoms with Crippen LogP contribution in [0.2, 0.25) is 5.02 Å². The molecule has 2 aromatic rings. The quantitative estimate of drug-likeness (QED) is 0.807. The molecule has 0 amide bonds. The lowest BCUT2D eigenvalue weighted by atomic mass is 10.2. The molecule has 0 aromatic heterocycles. The maximum absolute atomic E-state index is 9.26. The van der Waals surface area contributed by atoms with Crippen LogP contribution in [0, 0.1) is 0 Å². The molecule has 0 unspecified atom stereocenters. The average Bonchev–Trinajstić information content (AvgIpc) is 2.41. The highest BCUT2D eigenvalue weighted by atomic mass is 79.9. The summed E-state index contributed by atoms with van der Waals surface area (Å²) in [5.74, 6) is 1.00. The third-order valence-electron chi connectivity index (χ3n) is 2.72. The van der Waals surface area contributed by atoms with Crippen LogP contribution in [0.1, 0.15) is 12.5 Å². The number of halogens is 2. The number of rotatable bonds is 5. The Bertz CT molecular complexity index is 587. The third-order valence-corrected chi connectivity index (χ3v) is 3.52. The highest BCUT2D eigenvalue weighted by molar-refractivity contribution is 9.10. The number of aromatic hydroxyl groups is 1. The molecule has 0 bridgehead atoms. The molecule has 2 N–H and O–H groups in total. The smallest absolute Gasteiger partial charge is 0.156 e. The molecule has 0 aliphatic heterocycles. The van der Waals surface area contributed by atoms with Gasteiger partial charge in [0.1, 0.15) is 5.75 Å². The first-order chi connectivity index (χ1) is 9.60. The fourth-order valence-electron chi connectivity index (χ4n) is 1.79. The molecule has 2 aromatic carbocycles. The number of anilines is 1. The van der Waals surface area contributed by atoms with Gasteiger partial charge in [0.25, 0.3) is 0 Å². The molecule has 2 rings (SSSR count). The number of benzene rings is 2. The molecule has 0 spiro atoms. The summed E-state index contributed by atoms with van der Waals surface area (Å²) in [6, 6.07) is 10.7. The molecule has 0 heterocycles. The van der Waals surface area contributed by atoms with Gasteiger partial charge in [-0.15, -0.1) is 0 Å². The van der Waals surface area contributed by atoms with E-state index in [1.807, 2.05) is 25.1 Å². The summed E-state index contributed by atoms with van der Waals surface area (Å²) in [6.07, 6.45) is 0. The number of phenolic OH excluding ortho intramolecular Hbond substituents is 1. The topological polar surface area (TPSA) is 41.5 Å². The fraction of sp³-hybridized carbons (Fsp3) is 0.200. The minimum Gasteiger partial charge on any atom is -0.508 e. The molecule has 0 saturated carbocycles. The van der Waals surface area contributed by atoms with Crippen molar-refractivity contribution in [1.29, 1.82) is 0 Å². The lowest BCUT2D eigenvalue weighted by molar-refractivity contribution is 0.339. The first-order valence-electron chi connectivity index (χ1n) is 6.23. The molecule has 0 radical (unpaired) electrons. The van der Waals surface area contributed by atoms with Gasteiger partial charge in [-0.3, -0.25) is 0 Å². The van der Waals surface area contributed by atoms with Crippen molar-refractivity contribution in [1.82, 2.24) is 0 Å². The second kappa shape index (κ2) is 6.86. The average molecular weight is 357 g/mol. The molecule has 20 heavy (non-hydrogen) atoms. The van der Waals surface area contributed by atoms with E-state index in [1.54, 1.807) is 18.2 Å². The molecule has 0 aliphatic carbocycles. The van der Waals surface area contributed by atoms with E-state index in [4.69, 9.17) is 16.3 Å². The van der Waals surface area contributed by atoms with E-state index in [0.717, 1.165) is 21.5 Å². The van der Waals surface area contributed by atoms with Crippen molar-refractivity contribution in [3.63, 3.8) is 0 Å². The van der Waals surface area contributed by atoms with Crippen molar-refractivity contribution in [2.75, 3.05) is 11.9 Å². The first kappa shape index (κ1) is 15.0. The standard InChI is InChI=1S/C15H15BrClNO2/c1-2-20-15-13(16)7-11(17)8-14(15)18-9-10-3-5-12(19)6-4-10/h3-8,18-19H,2,9H2,1H3. The van der Waals surface area contributed by atoms with Crippen molar-refractivity contribution in [2.24, 2.45) is 0 Å². The van der Waals surface area contributed by atoms with Crippen LogP contribution in [0.25, 0.3) is 0 Å². The second-order valence-electron chi connectivity index (χ2n) is 4.22. The number of ether oxygens (including phenoxy) is 1. The normalized spacial score (nSPS) is 10.3. The van der Waals surface area contributed by atoms with Crippen LogP contribution in [0.15, 0.2) is 40.9 Å². The van der Waals surface area contributed by atoms with Gasteiger partial charge in [-0.05, 0) is 52.7 Å². The molecule has 3 nitrogen and oxygen atoms in total. The Kier molecular flexibility index (Phi) is 5.15. The van der Waals surface area contributed by atoms with Crippen LogP contribution in [0.3, 0.4) is 0 Å². The summed E-state index contributed by atoms with van der Waals surface area (Å²) in [5.41, 5.74) is 1.89. The van der Waals surface area contributed by atoms with Gasteiger partial charge in [0.05, 0.1) is 16.8 Å². The second-order valence-corrected chi connectivity index (χ2v) is 5.51. The van der Waals surface area contributed by atoms with Gasteiger partial charge >= 0.3 is 0 Å². The minimum absolute atomic E-state index is 0.259. The fourth-order valence-corrected chi connectivity index (χ4v) is 2.72. The molecular formula is C15H15BrClNO2. The van der Waals surface area contributed by atoms with Gasteiger partial charge in [-0.1, -0.05) is 23.7 Å². The Morgan fingerprint density at radius 2 is 1.95 bits per heavy atom. The summed E-state index contributed by atoms with van der Waals surface area (Å²) >= 11 is 9.52. The highest BCUT2D eigenvalue weighted by Crippen LogP contribution is 2.36. The Morgan fingerprint density at radius 3 is 2.60 bits per heavy atom. The summed E-state index contributed by atoms with van der Waals surface area (Å²) in [7, 11) is 0. The maximum atomic E-state index is 9.26. The van der Waals surface area contributed by atoms with Crippen molar-refractivity contribution in [2.45, 2.75) is 13.5 Å². The van der Waals surface area contributed by atoms with Crippen molar-refractivity contribution >= 4 is 33.2 Å². The maximum Gasteiger partial charge on any atom is 0.156 e. The van der Waals surface area contributed by atoms with E-state index in [9.17, 15) is 5.11 Å². The van der Waals surface area contributed by atoms with Gasteiger partial charge in [0.15, 0.2) is 5.75 Å². The Balaban J connectivity index is 2.17. The van der Waals surface area contributed by atoms with Crippen LogP contribution in [0.4, 0.5) is 5.69 Å². The zero-order valence-corrected chi connectivity index (χ0v) is 13.3. The Hall–Kier alpha value is -1.39. The van der Waals surface area contributed by atoms with E-state index in [-0.39, 0.29) is 5.75 Å². The van der Waals surface area contributed by atoms with Gasteiger partial charge in [0.2, 0.25) is 0 Å². The lowest BCUT2D eigenvalue weighted by Gasteiger charge is -2.14. The summed E-state index contributed by atoms with van der Waals surface area (Å²) < 4.78 is 6.44. The van der Waals surface area contributed by atoms with Crippen molar-refractivity contribution in [3.8, 4) is 11.5 Å². The largest absolute Gasteiger partial charge is 0.508 e. The van der Waals surface area contributed by atoms with Crippen LogP contribution >= 0.6 is 27.5 Å².